The first-order valence-corrected chi connectivity index (χ1v) is 9.50. The van der Waals surface area contributed by atoms with Gasteiger partial charge in [-0.15, -0.1) is 0 Å². The molecule has 136 valence electrons. The third kappa shape index (κ3) is 2.92. The molecule has 1 atom stereocenters. The number of Topliss-reactive ketones (excluding diaryl/α,β-unsaturated/α-hetero) is 1. The van der Waals surface area contributed by atoms with Crippen LogP contribution >= 0.6 is 12.2 Å². The van der Waals surface area contributed by atoms with Crippen molar-refractivity contribution in [2.24, 2.45) is 16.3 Å². The van der Waals surface area contributed by atoms with Crippen molar-refractivity contribution in [2.75, 3.05) is 6.54 Å². The lowest BCUT2D eigenvalue weighted by atomic mass is 9.71. The smallest absolute Gasteiger partial charge is 0.184 e. The van der Waals surface area contributed by atoms with Crippen LogP contribution in [0.4, 0.5) is 0 Å². The molecule has 2 aliphatic heterocycles. The van der Waals surface area contributed by atoms with Crippen LogP contribution in [-0.4, -0.2) is 28.1 Å². The number of nitrogens with one attached hydrogen (secondary N) is 1. The highest BCUT2D eigenvalue weighted by Gasteiger charge is 2.44. The van der Waals surface area contributed by atoms with Gasteiger partial charge >= 0.3 is 0 Å². The molecule has 26 heavy (non-hydrogen) atoms. The Kier molecular flexibility index (Phi) is 4.10. The molecule has 0 saturated heterocycles. The van der Waals surface area contributed by atoms with Crippen molar-refractivity contribution in [3.63, 3.8) is 0 Å². The molecule has 0 amide bonds. The number of carbonyl (C=O) groups excluding carboxylic acids is 1. The Morgan fingerprint density at radius 2 is 2.12 bits per heavy atom. The van der Waals surface area contributed by atoms with Gasteiger partial charge in [-0.3, -0.25) is 10.2 Å². The molecule has 0 bridgehead atoms. The minimum atomic E-state index is -0.0313. The van der Waals surface area contributed by atoms with Crippen molar-refractivity contribution in [3.8, 4) is 0 Å². The van der Waals surface area contributed by atoms with E-state index in [1.165, 1.54) is 11.1 Å². The molecular formula is C20H24N4OS. The van der Waals surface area contributed by atoms with Gasteiger partial charge in [0.1, 0.15) is 0 Å². The summed E-state index contributed by atoms with van der Waals surface area (Å²) in [6, 6.07) is 8.81. The zero-order valence-corrected chi connectivity index (χ0v) is 16.0. The Morgan fingerprint density at radius 1 is 1.35 bits per heavy atom. The summed E-state index contributed by atoms with van der Waals surface area (Å²) in [5.41, 5.74) is 13.7. The maximum Gasteiger partial charge on any atom is 0.184 e. The van der Waals surface area contributed by atoms with Crippen LogP contribution in [0.15, 0.2) is 40.6 Å². The van der Waals surface area contributed by atoms with Gasteiger partial charge in [0.25, 0.3) is 0 Å². The number of thiocarbonyl (C=S) groups is 1. The van der Waals surface area contributed by atoms with Gasteiger partial charge in [0.15, 0.2) is 10.9 Å². The average molecular weight is 369 g/mol. The Bertz CT molecular complexity index is 855. The number of hydrogen-bond acceptors (Lipinski definition) is 4. The van der Waals surface area contributed by atoms with E-state index in [0.29, 0.717) is 12.8 Å². The predicted octanol–water partition coefficient (Wildman–Crippen LogP) is 2.82. The zero-order chi connectivity index (χ0) is 18.5. The van der Waals surface area contributed by atoms with Gasteiger partial charge in [0.2, 0.25) is 0 Å². The summed E-state index contributed by atoms with van der Waals surface area (Å²) in [5, 5.41) is 4.54. The number of nitrogens with two attached hydrogens (primary N) is 1. The number of ketones is 1. The molecule has 0 spiro atoms. The van der Waals surface area contributed by atoms with Crippen molar-refractivity contribution < 1.29 is 4.79 Å². The Hall–Kier alpha value is -2.21. The van der Waals surface area contributed by atoms with Crippen molar-refractivity contribution in [1.82, 2.24) is 10.3 Å². The van der Waals surface area contributed by atoms with Crippen LogP contribution < -0.4 is 11.2 Å². The van der Waals surface area contributed by atoms with Crippen molar-refractivity contribution in [3.05, 3.63) is 46.7 Å². The average Bonchev–Trinajstić information content (AvgIpc) is 2.58. The van der Waals surface area contributed by atoms with E-state index in [-0.39, 0.29) is 22.4 Å². The number of benzene rings is 1. The van der Waals surface area contributed by atoms with E-state index in [4.69, 9.17) is 18.0 Å². The third-order valence-electron chi connectivity index (χ3n) is 5.59. The van der Waals surface area contributed by atoms with Gasteiger partial charge in [0.05, 0.1) is 17.3 Å². The fourth-order valence-electron chi connectivity index (χ4n) is 4.56. The van der Waals surface area contributed by atoms with Crippen LogP contribution in [0.25, 0.3) is 0 Å². The Morgan fingerprint density at radius 3 is 2.88 bits per heavy atom. The molecule has 5 nitrogen and oxygen atoms in total. The lowest BCUT2D eigenvalue weighted by Crippen LogP contribution is -2.46. The highest BCUT2D eigenvalue weighted by molar-refractivity contribution is 7.80. The van der Waals surface area contributed by atoms with E-state index in [1.54, 1.807) is 0 Å². The molecule has 1 aromatic carbocycles. The largest absolute Gasteiger partial charge is 0.375 e. The summed E-state index contributed by atoms with van der Waals surface area (Å²) in [7, 11) is 0. The lowest BCUT2D eigenvalue weighted by Gasteiger charge is -2.48. The lowest BCUT2D eigenvalue weighted by molar-refractivity contribution is -0.118. The zero-order valence-electron chi connectivity index (χ0n) is 15.2. The molecule has 0 radical (unpaired) electrons. The minimum Gasteiger partial charge on any atom is -0.375 e. The normalized spacial score (nSPS) is 25.5. The molecule has 3 aliphatic rings. The van der Waals surface area contributed by atoms with Gasteiger partial charge in [-0.1, -0.05) is 38.1 Å². The molecule has 2 heterocycles. The topological polar surface area (TPSA) is 70.7 Å². The van der Waals surface area contributed by atoms with Crippen LogP contribution in [0.5, 0.6) is 0 Å². The summed E-state index contributed by atoms with van der Waals surface area (Å²) in [5.74, 6) is 0.178. The maximum atomic E-state index is 13.0. The van der Waals surface area contributed by atoms with Gasteiger partial charge in [-0.25, -0.2) is 0 Å². The molecule has 0 fully saturated rings. The summed E-state index contributed by atoms with van der Waals surface area (Å²) in [6.07, 6.45) is 3.14. The second-order valence-electron chi connectivity index (χ2n) is 8.16. The SMILES string of the molecule is CC1(C)CC(=O)C2=C(C1)N1CCc3ccccc3C1C/C2=N\NC(N)=S. The summed E-state index contributed by atoms with van der Waals surface area (Å²) < 4.78 is 0. The first kappa shape index (κ1) is 17.2. The van der Waals surface area contributed by atoms with Crippen LogP contribution in [-0.2, 0) is 11.2 Å². The second-order valence-corrected chi connectivity index (χ2v) is 8.60. The molecule has 1 aliphatic carbocycles. The summed E-state index contributed by atoms with van der Waals surface area (Å²) >= 11 is 4.90. The highest BCUT2D eigenvalue weighted by atomic mass is 32.1. The number of rotatable bonds is 1. The van der Waals surface area contributed by atoms with Gasteiger partial charge in [-0.05, 0) is 41.6 Å². The van der Waals surface area contributed by atoms with Gasteiger partial charge < -0.3 is 10.6 Å². The number of nitrogens with zero attached hydrogens (tertiary/aromatic N) is 2. The molecule has 4 rings (SSSR count). The summed E-state index contributed by atoms with van der Waals surface area (Å²) in [6.45, 7) is 5.28. The van der Waals surface area contributed by atoms with E-state index >= 15 is 0 Å². The number of allylic oxidation sites excluding steroid dienone is 2. The molecular weight excluding hydrogens is 344 g/mol. The Labute approximate surface area is 159 Å². The van der Waals surface area contributed by atoms with Crippen molar-refractivity contribution in [1.29, 1.82) is 0 Å². The summed E-state index contributed by atoms with van der Waals surface area (Å²) in [4.78, 5) is 15.4. The van der Waals surface area contributed by atoms with Crippen molar-refractivity contribution >= 4 is 28.8 Å². The number of carbonyl (C=O) groups is 1. The monoisotopic (exact) mass is 368 g/mol. The van der Waals surface area contributed by atoms with E-state index < -0.39 is 0 Å². The van der Waals surface area contributed by atoms with Crippen LogP contribution in [0.2, 0.25) is 0 Å². The van der Waals surface area contributed by atoms with Gasteiger partial charge in [-0.2, -0.15) is 5.10 Å². The highest BCUT2D eigenvalue weighted by Crippen LogP contribution is 2.47. The molecule has 3 N–H and O–H groups in total. The first-order valence-electron chi connectivity index (χ1n) is 9.09. The van der Waals surface area contributed by atoms with Gasteiger partial charge in [0, 0.05) is 25.1 Å². The quantitative estimate of drug-likeness (QED) is 0.589. The fraction of sp³-hybridized carbons (Fsp3) is 0.450. The molecule has 1 aromatic rings. The van der Waals surface area contributed by atoms with Crippen LogP contribution in [0.1, 0.15) is 50.3 Å². The number of hydrazone groups is 1. The fourth-order valence-corrected chi connectivity index (χ4v) is 4.61. The Balaban J connectivity index is 1.84. The maximum absolute atomic E-state index is 13.0. The van der Waals surface area contributed by atoms with Crippen LogP contribution in [0.3, 0.4) is 0 Å². The van der Waals surface area contributed by atoms with E-state index in [0.717, 1.165) is 36.4 Å². The van der Waals surface area contributed by atoms with Crippen molar-refractivity contribution in [2.45, 2.75) is 45.6 Å². The number of fused-ring (bicyclic) bond motifs is 4. The number of hydrogen-bond donors (Lipinski definition) is 2. The second kappa shape index (κ2) is 6.20. The molecule has 0 aromatic heterocycles. The third-order valence-corrected chi connectivity index (χ3v) is 5.68. The first-order chi connectivity index (χ1) is 12.4. The predicted molar refractivity (Wildman–Crippen MR) is 107 cm³/mol. The molecule has 0 saturated carbocycles. The van der Waals surface area contributed by atoms with Crippen LogP contribution in [0, 0.1) is 5.41 Å². The van der Waals surface area contributed by atoms with E-state index in [2.05, 4.69) is 53.5 Å². The van der Waals surface area contributed by atoms with E-state index in [9.17, 15) is 4.79 Å². The molecule has 1 unspecified atom stereocenters. The molecule has 6 heteroatoms. The standard InChI is InChI=1S/C20H24N4OS/c1-20(2)10-16-18(17(25)11-20)14(22-23-19(21)26)9-15-13-6-4-3-5-12(13)7-8-24(15)16/h3-6,15H,7-11H2,1-2H3,(H3,21,23,26)/b22-14+. The van der Waals surface area contributed by atoms with E-state index in [1.807, 2.05) is 0 Å². The minimum absolute atomic E-state index is 0.0313.